The summed E-state index contributed by atoms with van der Waals surface area (Å²) < 4.78 is 20.9. The number of carbonyl (C=O) groups excluding carboxylic acids is 7. The van der Waals surface area contributed by atoms with Gasteiger partial charge in [-0.2, -0.15) is 0 Å². The molecule has 0 bridgehead atoms. The number of esters is 2. The topological polar surface area (TPSA) is 181 Å². The molecule has 1 amide bonds. The second kappa shape index (κ2) is 17.2. The summed E-state index contributed by atoms with van der Waals surface area (Å²) in [5.74, 6) is -7.60. The molecule has 236 valence electrons. The predicted octanol–water partition coefficient (Wildman–Crippen LogP) is 2.08. The van der Waals surface area contributed by atoms with Gasteiger partial charge in [-0.1, -0.05) is 51.1 Å². The predicted molar refractivity (Wildman–Crippen MR) is 154 cm³/mol. The fourth-order valence-electron chi connectivity index (χ4n) is 4.12. The minimum Gasteiger partial charge on any atom is -0.493 e. The second-order valence-electron chi connectivity index (χ2n) is 10.1. The van der Waals surface area contributed by atoms with E-state index in [1.165, 1.54) is 26.3 Å². The SMILES string of the molecule is COc1ccnc(C(=O)N[C@@H](CC=O)C(=O)C(=O)[C@@H](C)[C@H](OC(=O)C(C)C)[C@H](C=O)Cc2ccccc2)c1OCOC(C)=O. The molecule has 4 atom stereocenters. The Balaban J connectivity index is 2.35. The number of aldehydes is 2. The van der Waals surface area contributed by atoms with Crippen LogP contribution in [0.25, 0.3) is 0 Å². The van der Waals surface area contributed by atoms with Crippen molar-refractivity contribution < 1.29 is 52.5 Å². The van der Waals surface area contributed by atoms with Crippen LogP contribution in [0, 0.1) is 17.8 Å². The van der Waals surface area contributed by atoms with Crippen molar-refractivity contribution in [1.82, 2.24) is 10.3 Å². The van der Waals surface area contributed by atoms with E-state index in [4.69, 9.17) is 18.9 Å². The van der Waals surface area contributed by atoms with Crippen molar-refractivity contribution in [3.63, 3.8) is 0 Å². The Hall–Kier alpha value is -4.94. The maximum Gasteiger partial charge on any atom is 0.308 e. The van der Waals surface area contributed by atoms with Crippen molar-refractivity contribution in [3.8, 4) is 11.5 Å². The highest BCUT2D eigenvalue weighted by Gasteiger charge is 2.40. The van der Waals surface area contributed by atoms with Crippen molar-refractivity contribution >= 4 is 42.0 Å². The van der Waals surface area contributed by atoms with Crippen LogP contribution in [0.2, 0.25) is 0 Å². The van der Waals surface area contributed by atoms with E-state index in [1.807, 2.05) is 0 Å². The van der Waals surface area contributed by atoms with Gasteiger partial charge in [0.2, 0.25) is 18.4 Å². The number of benzene rings is 1. The minimum atomic E-state index is -1.63. The molecular weight excluding hydrogens is 576 g/mol. The third-order valence-corrected chi connectivity index (χ3v) is 6.51. The van der Waals surface area contributed by atoms with Gasteiger partial charge in [0, 0.05) is 25.6 Å². The normalized spacial score (nSPS) is 13.4. The number of rotatable bonds is 18. The molecule has 13 nitrogen and oxygen atoms in total. The third-order valence-electron chi connectivity index (χ3n) is 6.51. The van der Waals surface area contributed by atoms with E-state index in [1.54, 1.807) is 44.2 Å². The average Bonchev–Trinajstić information content (AvgIpc) is 3.01. The lowest BCUT2D eigenvalue weighted by atomic mass is 9.83. The Morgan fingerprint density at radius 2 is 1.66 bits per heavy atom. The van der Waals surface area contributed by atoms with Crippen LogP contribution >= 0.6 is 0 Å². The molecule has 0 aliphatic heterocycles. The highest BCUT2D eigenvalue weighted by Crippen LogP contribution is 2.30. The summed E-state index contributed by atoms with van der Waals surface area (Å²) in [6, 6.07) is 8.59. The summed E-state index contributed by atoms with van der Waals surface area (Å²) in [5, 5.41) is 2.32. The molecule has 1 aromatic heterocycles. The van der Waals surface area contributed by atoms with Crippen molar-refractivity contribution in [2.75, 3.05) is 13.9 Å². The molecule has 0 unspecified atom stereocenters. The molecule has 0 aliphatic rings. The van der Waals surface area contributed by atoms with Gasteiger partial charge in [-0.3, -0.25) is 24.0 Å². The first-order chi connectivity index (χ1) is 20.9. The van der Waals surface area contributed by atoms with Gasteiger partial charge in [0.1, 0.15) is 24.7 Å². The maximum absolute atomic E-state index is 13.5. The van der Waals surface area contributed by atoms with E-state index in [0.717, 1.165) is 12.5 Å². The van der Waals surface area contributed by atoms with E-state index >= 15 is 0 Å². The molecule has 2 rings (SSSR count). The van der Waals surface area contributed by atoms with Gasteiger partial charge in [-0.15, -0.1) is 0 Å². The number of amides is 1. The number of ether oxygens (including phenoxy) is 4. The van der Waals surface area contributed by atoms with E-state index in [2.05, 4.69) is 10.3 Å². The molecule has 1 aromatic carbocycles. The van der Waals surface area contributed by atoms with Gasteiger partial charge >= 0.3 is 11.9 Å². The van der Waals surface area contributed by atoms with Crippen molar-refractivity contribution in [2.45, 2.75) is 52.7 Å². The first kappa shape index (κ1) is 35.3. The number of nitrogens with one attached hydrogen (secondary N) is 1. The van der Waals surface area contributed by atoms with Gasteiger partial charge in [0.15, 0.2) is 17.2 Å². The number of carbonyl (C=O) groups is 7. The lowest BCUT2D eigenvalue weighted by Gasteiger charge is -2.29. The quantitative estimate of drug-likeness (QED) is 0.112. The van der Waals surface area contributed by atoms with Crippen LogP contribution in [0.5, 0.6) is 11.5 Å². The third kappa shape index (κ3) is 9.82. The van der Waals surface area contributed by atoms with Crippen LogP contribution in [0.3, 0.4) is 0 Å². The zero-order valence-corrected chi connectivity index (χ0v) is 25.1. The average molecular weight is 613 g/mol. The second-order valence-corrected chi connectivity index (χ2v) is 10.1. The van der Waals surface area contributed by atoms with Crippen LogP contribution in [-0.4, -0.2) is 73.0 Å². The number of Topliss-reactive ketones (excluding diaryl/α,β-unsaturated/α-hetero) is 2. The molecule has 2 aromatic rings. The molecular formula is C31H36N2O11. The fourth-order valence-corrected chi connectivity index (χ4v) is 4.12. The van der Waals surface area contributed by atoms with Crippen LogP contribution in [-0.2, 0) is 44.7 Å². The van der Waals surface area contributed by atoms with Crippen LogP contribution < -0.4 is 14.8 Å². The lowest BCUT2D eigenvalue weighted by molar-refractivity contribution is -0.162. The standard InChI is InChI=1S/C31H36N2O11/c1-18(2)31(40)44-28(22(16-35)15-21-9-7-6-8-10-21)19(3)26(37)27(38)23(12-14-34)33-30(39)25-29(43-17-42-20(4)36)24(41-5)11-13-32-25/h6-11,13-14,16,18-19,22-23,28H,12,15,17H2,1-5H3,(H,33,39)/t19-,22+,23+,28+/m1/s1. The summed E-state index contributed by atoms with van der Waals surface area (Å²) >= 11 is 0. The molecule has 0 spiro atoms. The largest absolute Gasteiger partial charge is 0.493 e. The zero-order valence-electron chi connectivity index (χ0n) is 25.1. The van der Waals surface area contributed by atoms with Crippen molar-refractivity contribution in [2.24, 2.45) is 17.8 Å². The number of methoxy groups -OCH3 is 1. The van der Waals surface area contributed by atoms with Crippen LogP contribution in [0.1, 0.15) is 50.2 Å². The first-order valence-electron chi connectivity index (χ1n) is 13.8. The number of pyridine rings is 1. The number of hydrogen-bond acceptors (Lipinski definition) is 12. The highest BCUT2D eigenvalue weighted by atomic mass is 16.7. The summed E-state index contributed by atoms with van der Waals surface area (Å²) in [4.78, 5) is 91.4. The minimum absolute atomic E-state index is 0.0494. The van der Waals surface area contributed by atoms with E-state index in [0.29, 0.717) is 12.6 Å². The van der Waals surface area contributed by atoms with E-state index in [9.17, 15) is 33.6 Å². The van der Waals surface area contributed by atoms with Crippen molar-refractivity contribution in [3.05, 3.63) is 53.9 Å². The summed E-state index contributed by atoms with van der Waals surface area (Å²) in [5.41, 5.74) is 0.359. The Morgan fingerprint density at radius 3 is 2.23 bits per heavy atom. The molecule has 0 saturated carbocycles. The summed E-state index contributed by atoms with van der Waals surface area (Å²) in [7, 11) is 1.29. The molecule has 0 aliphatic carbocycles. The van der Waals surface area contributed by atoms with Gasteiger partial charge in [0.05, 0.1) is 24.9 Å². The Morgan fingerprint density at radius 1 is 0.977 bits per heavy atom. The Kier molecular flexibility index (Phi) is 13.8. The van der Waals surface area contributed by atoms with E-state index < -0.39 is 72.5 Å². The number of nitrogens with zero attached hydrogens (tertiary/aromatic N) is 1. The van der Waals surface area contributed by atoms with Gasteiger partial charge in [-0.05, 0) is 12.0 Å². The van der Waals surface area contributed by atoms with Crippen LogP contribution in [0.4, 0.5) is 0 Å². The van der Waals surface area contributed by atoms with Gasteiger partial charge < -0.3 is 33.9 Å². The fraction of sp³-hybridized carbons (Fsp3) is 0.419. The monoisotopic (exact) mass is 612 g/mol. The molecule has 1 N–H and O–H groups in total. The lowest BCUT2D eigenvalue weighted by Crippen LogP contribution is -2.49. The highest BCUT2D eigenvalue weighted by molar-refractivity contribution is 6.40. The molecule has 0 radical (unpaired) electrons. The molecule has 1 heterocycles. The summed E-state index contributed by atoms with van der Waals surface area (Å²) in [6.45, 7) is 5.07. The number of ketones is 2. The molecule has 13 heteroatoms. The maximum atomic E-state index is 13.5. The Bertz CT molecular complexity index is 1340. The zero-order chi connectivity index (χ0) is 32.8. The van der Waals surface area contributed by atoms with Crippen molar-refractivity contribution in [1.29, 1.82) is 0 Å². The smallest absolute Gasteiger partial charge is 0.308 e. The molecule has 44 heavy (non-hydrogen) atoms. The van der Waals surface area contributed by atoms with Crippen LogP contribution in [0.15, 0.2) is 42.6 Å². The molecule has 0 saturated heterocycles. The number of hydrogen-bond donors (Lipinski definition) is 1. The number of aromatic nitrogens is 1. The molecule has 0 fully saturated rings. The van der Waals surface area contributed by atoms with Gasteiger partial charge in [-0.25, -0.2) is 4.98 Å². The summed E-state index contributed by atoms with van der Waals surface area (Å²) in [6.07, 6.45) is 0.365. The Labute approximate surface area is 254 Å². The first-order valence-corrected chi connectivity index (χ1v) is 13.8. The van der Waals surface area contributed by atoms with Gasteiger partial charge in [0.25, 0.3) is 5.91 Å². The van der Waals surface area contributed by atoms with E-state index in [-0.39, 0.29) is 23.6 Å².